The minimum atomic E-state index is -0.603. The van der Waals surface area contributed by atoms with E-state index in [9.17, 15) is 9.90 Å². The standard InChI is InChI=1S/C15H8Cl2IN3O2/c16-8-3-7(4-9(17)5-8)14(22)21-20-13-11-6-10(18)1-2-12(11)19-15(13)23/h1-6,19,23H. The molecule has 2 aromatic carbocycles. The summed E-state index contributed by atoms with van der Waals surface area (Å²) in [5, 5.41) is 18.8. The van der Waals surface area contributed by atoms with E-state index in [1.54, 1.807) is 0 Å². The zero-order valence-electron chi connectivity index (χ0n) is 11.3. The van der Waals surface area contributed by atoms with Crippen LogP contribution in [0.1, 0.15) is 10.4 Å². The van der Waals surface area contributed by atoms with Crippen LogP contribution in [-0.2, 0) is 0 Å². The van der Waals surface area contributed by atoms with Gasteiger partial charge in [-0.15, -0.1) is 10.2 Å². The number of H-pyrrole nitrogens is 1. The second-order valence-corrected chi connectivity index (χ2v) is 6.79. The molecule has 2 N–H and O–H groups in total. The van der Waals surface area contributed by atoms with Crippen LogP contribution in [0.3, 0.4) is 0 Å². The molecule has 23 heavy (non-hydrogen) atoms. The van der Waals surface area contributed by atoms with Crippen LogP contribution in [0.25, 0.3) is 10.9 Å². The molecule has 8 heteroatoms. The molecule has 1 aromatic heterocycles. The molecule has 0 radical (unpaired) electrons. The monoisotopic (exact) mass is 459 g/mol. The van der Waals surface area contributed by atoms with Crippen molar-refractivity contribution in [3.8, 4) is 5.88 Å². The van der Waals surface area contributed by atoms with E-state index in [-0.39, 0.29) is 17.1 Å². The summed E-state index contributed by atoms with van der Waals surface area (Å²) >= 11 is 13.9. The number of carbonyl (C=O) groups excluding carboxylic acids is 1. The Labute approximate surface area is 154 Å². The highest BCUT2D eigenvalue weighted by molar-refractivity contribution is 14.1. The van der Waals surface area contributed by atoms with Crippen molar-refractivity contribution in [3.63, 3.8) is 0 Å². The summed E-state index contributed by atoms with van der Waals surface area (Å²) < 4.78 is 0.971. The molecular formula is C15H8Cl2IN3O2. The van der Waals surface area contributed by atoms with E-state index in [0.29, 0.717) is 20.9 Å². The third-order valence-corrected chi connectivity index (χ3v) is 4.17. The Bertz CT molecular complexity index is 933. The van der Waals surface area contributed by atoms with Crippen molar-refractivity contribution in [1.82, 2.24) is 4.98 Å². The molecule has 0 spiro atoms. The molecule has 5 nitrogen and oxygen atoms in total. The number of fused-ring (bicyclic) bond motifs is 1. The first-order valence-corrected chi connectivity index (χ1v) is 8.20. The summed E-state index contributed by atoms with van der Waals surface area (Å²) in [4.78, 5) is 14.9. The van der Waals surface area contributed by atoms with Gasteiger partial charge in [0.05, 0.1) is 5.52 Å². The maximum atomic E-state index is 12.1. The van der Waals surface area contributed by atoms with Gasteiger partial charge in [0.2, 0.25) is 5.88 Å². The molecule has 0 fully saturated rings. The number of benzene rings is 2. The first kappa shape index (κ1) is 16.2. The quantitative estimate of drug-likeness (QED) is 0.380. The lowest BCUT2D eigenvalue weighted by atomic mass is 10.2. The number of azo groups is 1. The van der Waals surface area contributed by atoms with E-state index in [4.69, 9.17) is 23.2 Å². The Morgan fingerprint density at radius 3 is 2.52 bits per heavy atom. The number of nitrogens with one attached hydrogen (secondary N) is 1. The fourth-order valence-corrected chi connectivity index (χ4v) is 3.08. The predicted octanol–water partition coefficient (Wildman–Crippen LogP) is 5.71. The maximum absolute atomic E-state index is 12.1. The van der Waals surface area contributed by atoms with Crippen molar-refractivity contribution in [2.75, 3.05) is 0 Å². The molecule has 0 unspecified atom stereocenters. The predicted molar refractivity (Wildman–Crippen MR) is 98.0 cm³/mol. The SMILES string of the molecule is O=C(N=Nc1c(O)[nH]c2ccc(I)cc12)c1cc(Cl)cc(Cl)c1. The number of hydrogen-bond donors (Lipinski definition) is 2. The molecule has 0 aliphatic heterocycles. The number of amides is 1. The maximum Gasteiger partial charge on any atom is 0.295 e. The van der Waals surface area contributed by atoms with Gasteiger partial charge in [-0.05, 0) is 59.0 Å². The molecule has 0 bridgehead atoms. The van der Waals surface area contributed by atoms with Gasteiger partial charge < -0.3 is 10.1 Å². The number of carbonyl (C=O) groups is 1. The Morgan fingerprint density at radius 1 is 1.13 bits per heavy atom. The molecule has 3 rings (SSSR count). The Kier molecular flexibility index (Phi) is 4.56. The zero-order valence-corrected chi connectivity index (χ0v) is 15.0. The zero-order chi connectivity index (χ0) is 16.6. The summed E-state index contributed by atoms with van der Waals surface area (Å²) in [6.07, 6.45) is 0. The summed E-state index contributed by atoms with van der Waals surface area (Å²) in [5.41, 5.74) is 1.13. The lowest BCUT2D eigenvalue weighted by Gasteiger charge is -1.98. The van der Waals surface area contributed by atoms with Gasteiger partial charge in [0, 0.05) is 24.6 Å². The molecule has 0 aliphatic rings. The summed E-state index contributed by atoms with van der Waals surface area (Å²) in [5.74, 6) is -0.753. The highest BCUT2D eigenvalue weighted by Gasteiger charge is 2.12. The van der Waals surface area contributed by atoms with Gasteiger partial charge in [0.1, 0.15) is 0 Å². The van der Waals surface area contributed by atoms with Gasteiger partial charge in [-0.25, -0.2) is 0 Å². The van der Waals surface area contributed by atoms with Crippen LogP contribution in [0.2, 0.25) is 10.0 Å². The van der Waals surface area contributed by atoms with E-state index in [1.807, 2.05) is 18.2 Å². The van der Waals surface area contributed by atoms with Gasteiger partial charge in [0.15, 0.2) is 5.69 Å². The molecule has 0 saturated carbocycles. The molecule has 1 heterocycles. The van der Waals surface area contributed by atoms with E-state index in [2.05, 4.69) is 37.8 Å². The Balaban J connectivity index is 1.98. The van der Waals surface area contributed by atoms with Crippen molar-refractivity contribution >= 4 is 68.3 Å². The van der Waals surface area contributed by atoms with Crippen molar-refractivity contribution in [2.24, 2.45) is 10.2 Å². The lowest BCUT2D eigenvalue weighted by Crippen LogP contribution is -1.93. The van der Waals surface area contributed by atoms with Gasteiger partial charge >= 0.3 is 0 Å². The molecule has 3 aromatic rings. The van der Waals surface area contributed by atoms with Crippen molar-refractivity contribution < 1.29 is 9.90 Å². The van der Waals surface area contributed by atoms with E-state index in [0.717, 1.165) is 3.57 Å². The van der Waals surface area contributed by atoms with E-state index >= 15 is 0 Å². The highest BCUT2D eigenvalue weighted by atomic mass is 127. The van der Waals surface area contributed by atoms with Crippen LogP contribution in [0.4, 0.5) is 5.69 Å². The van der Waals surface area contributed by atoms with Crippen LogP contribution < -0.4 is 0 Å². The smallest absolute Gasteiger partial charge is 0.295 e. The summed E-state index contributed by atoms with van der Waals surface area (Å²) in [7, 11) is 0. The number of nitrogens with zero attached hydrogens (tertiary/aromatic N) is 2. The average molecular weight is 460 g/mol. The first-order chi connectivity index (χ1) is 10.9. The topological polar surface area (TPSA) is 77.8 Å². The Morgan fingerprint density at radius 2 is 1.83 bits per heavy atom. The second kappa shape index (κ2) is 6.46. The fourth-order valence-electron chi connectivity index (χ4n) is 2.07. The third kappa shape index (κ3) is 3.49. The lowest BCUT2D eigenvalue weighted by molar-refractivity contribution is 0.0995. The highest BCUT2D eigenvalue weighted by Crippen LogP contribution is 2.36. The van der Waals surface area contributed by atoms with Crippen molar-refractivity contribution in [3.05, 3.63) is 55.6 Å². The van der Waals surface area contributed by atoms with E-state index in [1.165, 1.54) is 18.2 Å². The summed E-state index contributed by atoms with van der Waals surface area (Å²) in [6.45, 7) is 0. The number of rotatable bonds is 2. The molecule has 116 valence electrons. The molecule has 0 aliphatic carbocycles. The number of aromatic hydroxyl groups is 1. The van der Waals surface area contributed by atoms with Crippen molar-refractivity contribution in [1.29, 1.82) is 0 Å². The second-order valence-electron chi connectivity index (χ2n) is 4.68. The van der Waals surface area contributed by atoms with Crippen molar-refractivity contribution in [2.45, 2.75) is 0 Å². The first-order valence-electron chi connectivity index (χ1n) is 6.36. The number of aromatic nitrogens is 1. The number of hydrogen-bond acceptors (Lipinski definition) is 3. The van der Waals surface area contributed by atoms with Gasteiger partial charge in [-0.3, -0.25) is 4.79 Å². The van der Waals surface area contributed by atoms with Crippen LogP contribution in [0.5, 0.6) is 5.88 Å². The van der Waals surface area contributed by atoms with Crippen LogP contribution in [-0.4, -0.2) is 16.0 Å². The van der Waals surface area contributed by atoms with Crippen LogP contribution in [0, 0.1) is 3.57 Å². The molecule has 1 amide bonds. The molecule has 0 saturated heterocycles. The van der Waals surface area contributed by atoms with Gasteiger partial charge in [-0.1, -0.05) is 23.2 Å². The largest absolute Gasteiger partial charge is 0.493 e. The number of aromatic amines is 1. The molecular weight excluding hydrogens is 452 g/mol. The fraction of sp³-hybridized carbons (Fsp3) is 0. The molecule has 0 atom stereocenters. The van der Waals surface area contributed by atoms with Crippen LogP contribution in [0.15, 0.2) is 46.6 Å². The van der Waals surface area contributed by atoms with Gasteiger partial charge in [0.25, 0.3) is 5.91 Å². The third-order valence-electron chi connectivity index (χ3n) is 3.06. The Hall–Kier alpha value is -1.64. The van der Waals surface area contributed by atoms with Gasteiger partial charge in [-0.2, -0.15) is 0 Å². The average Bonchev–Trinajstić information content (AvgIpc) is 2.78. The van der Waals surface area contributed by atoms with E-state index < -0.39 is 5.91 Å². The number of halogens is 3. The van der Waals surface area contributed by atoms with Crippen LogP contribution >= 0.6 is 45.8 Å². The summed E-state index contributed by atoms with van der Waals surface area (Å²) in [6, 6.07) is 9.96. The minimum Gasteiger partial charge on any atom is -0.493 e. The normalized spacial score (nSPS) is 11.4. The minimum absolute atomic E-state index is 0.150.